The number of carbonyl (C=O) groups excluding carboxylic acids is 4. The summed E-state index contributed by atoms with van der Waals surface area (Å²) in [6, 6.07) is 16.3. The fourth-order valence-corrected chi connectivity index (χ4v) is 6.49. The molecule has 0 bridgehead atoms. The lowest BCUT2D eigenvalue weighted by atomic mass is 10.1. The molecular weight excluding hydrogens is 916 g/mol. The average Bonchev–Trinajstić information content (AvgIpc) is 3.82. The van der Waals surface area contributed by atoms with E-state index in [-0.39, 0.29) is 46.7 Å². The lowest BCUT2D eigenvalue weighted by Crippen LogP contribution is -2.48. The molecule has 14 nitrogen and oxygen atoms in total. The lowest BCUT2D eigenvalue weighted by Gasteiger charge is -2.33. The number of urea groups is 2. The number of rotatable bonds is 10. The van der Waals surface area contributed by atoms with Crippen LogP contribution >= 0.6 is 0 Å². The van der Waals surface area contributed by atoms with E-state index in [2.05, 4.69) is 14.6 Å². The van der Waals surface area contributed by atoms with Crippen molar-refractivity contribution in [1.29, 1.82) is 0 Å². The van der Waals surface area contributed by atoms with Gasteiger partial charge >= 0.3 is 36.2 Å². The summed E-state index contributed by atoms with van der Waals surface area (Å²) in [5.74, 6) is -8.14. The maximum atomic E-state index is 14.9. The molecule has 1 N–H and O–H groups in total. The highest BCUT2D eigenvalue weighted by molar-refractivity contribution is 6.00. The number of Topliss-reactive ketones (excluding diaryl/α,β-unsaturated/α-hetero) is 1. The van der Waals surface area contributed by atoms with E-state index < -0.39 is 77.7 Å². The molecule has 0 atom stereocenters. The highest BCUT2D eigenvalue weighted by Gasteiger charge is 2.39. The lowest BCUT2D eigenvalue weighted by molar-refractivity contribution is -0.173. The molecule has 0 spiro atoms. The Kier molecular flexibility index (Phi) is 15.8. The fourth-order valence-electron chi connectivity index (χ4n) is 6.49. The van der Waals surface area contributed by atoms with Gasteiger partial charge in [0.2, 0.25) is 5.89 Å². The number of carbonyl (C=O) groups is 4. The molecule has 3 heterocycles. The second kappa shape index (κ2) is 21.5. The molecule has 2 saturated heterocycles. The Morgan fingerprint density at radius 2 is 1.12 bits per heavy atom. The Labute approximate surface area is 373 Å². The number of alkyl halides is 6. The van der Waals surface area contributed by atoms with Crippen molar-refractivity contribution < 1.29 is 77.0 Å². The van der Waals surface area contributed by atoms with Crippen molar-refractivity contribution in [3.8, 4) is 11.5 Å². The van der Waals surface area contributed by atoms with Crippen molar-refractivity contribution in [3.05, 3.63) is 131 Å². The smallest absolute Gasteiger partial charge is 0.413 e. The molecule has 7 rings (SSSR count). The standard InChI is InChI=1S/C22H20F5N3O4.C21H17F5N4O3/c23-16-2-1-3-17(11-16)30(21(33)29-6-8-34-9-7-29)13-15-5-4-14(10-18(15)24)19(31)12-28-20(32)22(25,26)27;22-15-2-1-3-16(11-15)30(20(31)29-6-8-32-9-7-29)12-14-5-4-13(10-17(14)23)18-27-28-19(33-18)21(24,25)26/h1-5,10-11H,6-9,12-13H2,(H,28,32);1-5,10-11H,6-9,12H2. The second-order valence-electron chi connectivity index (χ2n) is 14.5. The van der Waals surface area contributed by atoms with E-state index in [1.807, 2.05) is 0 Å². The number of amides is 5. The van der Waals surface area contributed by atoms with Crippen molar-refractivity contribution in [3.63, 3.8) is 0 Å². The first kappa shape index (κ1) is 49.4. The topological polar surface area (TPSA) is 151 Å². The molecule has 1 aromatic heterocycles. The predicted octanol–water partition coefficient (Wildman–Crippen LogP) is 7.78. The minimum atomic E-state index is -5.15. The number of benzene rings is 4. The van der Waals surface area contributed by atoms with E-state index in [0.29, 0.717) is 52.6 Å². The minimum Gasteiger partial charge on any atom is -0.413 e. The molecule has 24 heteroatoms. The number of hydrogen-bond donors (Lipinski definition) is 1. The van der Waals surface area contributed by atoms with Crippen LogP contribution in [0.5, 0.6) is 0 Å². The highest BCUT2D eigenvalue weighted by atomic mass is 19.4. The Hall–Kier alpha value is -7.08. The van der Waals surface area contributed by atoms with Gasteiger partial charge in [-0.1, -0.05) is 30.3 Å². The number of nitrogens with one attached hydrogen (secondary N) is 1. The van der Waals surface area contributed by atoms with Gasteiger partial charge in [-0.15, -0.1) is 10.2 Å². The molecule has 2 aliphatic rings. The monoisotopic (exact) mass is 953 g/mol. The molecule has 0 aliphatic carbocycles. The average molecular weight is 954 g/mol. The fraction of sp³-hybridized carbons (Fsp3) is 0.302. The minimum absolute atomic E-state index is 0.0123. The van der Waals surface area contributed by atoms with Gasteiger partial charge in [-0.2, -0.15) is 26.3 Å². The summed E-state index contributed by atoms with van der Waals surface area (Å²) in [4.78, 5) is 54.5. The number of aromatic nitrogens is 2. The van der Waals surface area contributed by atoms with Crippen LogP contribution < -0.4 is 15.1 Å². The van der Waals surface area contributed by atoms with Gasteiger partial charge in [-0.05, 0) is 54.6 Å². The van der Waals surface area contributed by atoms with Crippen molar-refractivity contribution in [1.82, 2.24) is 25.3 Å². The molecule has 5 aromatic rings. The maximum absolute atomic E-state index is 14.9. The summed E-state index contributed by atoms with van der Waals surface area (Å²) in [7, 11) is 0. The molecule has 0 saturated carbocycles. The molecule has 0 unspecified atom stereocenters. The van der Waals surface area contributed by atoms with Crippen LogP contribution in [0.3, 0.4) is 0 Å². The van der Waals surface area contributed by atoms with Crippen molar-refractivity contribution in [2.24, 2.45) is 0 Å². The molecule has 5 amide bonds. The number of anilines is 2. The maximum Gasteiger partial charge on any atom is 0.471 e. The number of nitrogens with zero attached hydrogens (tertiary/aromatic N) is 6. The quantitative estimate of drug-likeness (QED) is 0.109. The van der Waals surface area contributed by atoms with E-state index in [1.54, 1.807) is 0 Å². The van der Waals surface area contributed by atoms with Crippen LogP contribution in [0.1, 0.15) is 27.4 Å². The molecule has 2 aliphatic heterocycles. The van der Waals surface area contributed by atoms with Crippen molar-refractivity contribution in [2.75, 3.05) is 69.0 Å². The Balaban J connectivity index is 0.000000221. The van der Waals surface area contributed by atoms with Gasteiger partial charge in [0.1, 0.15) is 23.3 Å². The van der Waals surface area contributed by atoms with Crippen LogP contribution in [0, 0.1) is 23.3 Å². The van der Waals surface area contributed by atoms with Crippen LogP contribution in [0.4, 0.5) is 64.9 Å². The van der Waals surface area contributed by atoms with Crippen LogP contribution in [0.25, 0.3) is 11.5 Å². The number of morpholine rings is 2. The number of ketones is 1. The number of ether oxygens (including phenoxy) is 2. The zero-order valence-corrected chi connectivity index (χ0v) is 34.7. The summed E-state index contributed by atoms with van der Waals surface area (Å²) >= 11 is 0. The first-order chi connectivity index (χ1) is 31.8. The van der Waals surface area contributed by atoms with Gasteiger partial charge in [0.25, 0.3) is 0 Å². The highest BCUT2D eigenvalue weighted by Crippen LogP contribution is 2.32. The van der Waals surface area contributed by atoms with E-state index in [0.717, 1.165) is 24.3 Å². The van der Waals surface area contributed by atoms with E-state index in [1.165, 1.54) is 85.6 Å². The number of halogens is 10. The Morgan fingerprint density at radius 1 is 0.627 bits per heavy atom. The van der Waals surface area contributed by atoms with Crippen LogP contribution in [-0.2, 0) is 33.5 Å². The van der Waals surface area contributed by atoms with Crippen LogP contribution in [-0.4, -0.2) is 109 Å². The number of hydrogen-bond acceptors (Lipinski definition) is 9. The predicted molar refractivity (Wildman–Crippen MR) is 215 cm³/mol. The second-order valence-corrected chi connectivity index (χ2v) is 14.5. The Bertz CT molecular complexity index is 2560. The van der Waals surface area contributed by atoms with Gasteiger partial charge in [-0.3, -0.25) is 19.4 Å². The molecular formula is C43H37F10N7O7. The molecule has 4 aromatic carbocycles. The first-order valence-electron chi connectivity index (χ1n) is 19.9. The zero-order valence-electron chi connectivity index (χ0n) is 34.7. The summed E-state index contributed by atoms with van der Waals surface area (Å²) in [5.41, 5.74) is 0.131. The van der Waals surface area contributed by atoms with Gasteiger partial charge in [0.15, 0.2) is 5.78 Å². The van der Waals surface area contributed by atoms with E-state index in [9.17, 15) is 63.1 Å². The van der Waals surface area contributed by atoms with Gasteiger partial charge in [-0.25, -0.2) is 27.2 Å². The third kappa shape index (κ3) is 13.1. The summed E-state index contributed by atoms with van der Waals surface area (Å²) in [6.45, 7) is 1.05. The largest absolute Gasteiger partial charge is 0.471 e. The van der Waals surface area contributed by atoms with E-state index in [4.69, 9.17) is 9.47 Å². The van der Waals surface area contributed by atoms with Gasteiger partial charge in [0.05, 0.1) is 46.1 Å². The normalized spacial score (nSPS) is 14.2. The summed E-state index contributed by atoms with van der Waals surface area (Å²) in [6.07, 6.45) is -9.97. The third-order valence-electron chi connectivity index (χ3n) is 9.93. The van der Waals surface area contributed by atoms with Gasteiger partial charge in [0, 0.05) is 59.8 Å². The zero-order chi connectivity index (χ0) is 48.5. The molecule has 0 radical (unpaired) electrons. The van der Waals surface area contributed by atoms with Crippen molar-refractivity contribution >= 4 is 35.1 Å². The van der Waals surface area contributed by atoms with Gasteiger partial charge < -0.3 is 29.0 Å². The van der Waals surface area contributed by atoms with Crippen molar-refractivity contribution in [2.45, 2.75) is 25.4 Å². The summed E-state index contributed by atoms with van der Waals surface area (Å²) in [5, 5.41) is 7.65. The third-order valence-corrected chi connectivity index (χ3v) is 9.93. The van der Waals surface area contributed by atoms with Crippen LogP contribution in [0.2, 0.25) is 0 Å². The molecule has 356 valence electrons. The summed E-state index contributed by atoms with van der Waals surface area (Å²) < 4.78 is 147. The van der Waals surface area contributed by atoms with Crippen LogP contribution in [0.15, 0.2) is 89.3 Å². The Morgan fingerprint density at radius 3 is 1.55 bits per heavy atom. The molecule has 2 fully saturated rings. The first-order valence-corrected chi connectivity index (χ1v) is 19.9. The molecule has 67 heavy (non-hydrogen) atoms. The van der Waals surface area contributed by atoms with E-state index >= 15 is 0 Å². The SMILES string of the molecule is O=C(CNC(=O)C(F)(F)F)c1ccc(CN(C(=O)N2CCOCC2)c2cccc(F)c2)c(F)c1.O=C(N1CCOCC1)N(Cc1ccc(-c2nnc(C(F)(F)F)o2)cc1F)c1cccc(F)c1.